The van der Waals surface area contributed by atoms with Gasteiger partial charge in [-0.2, -0.15) is 0 Å². The molecule has 0 aromatic heterocycles. The molecule has 2 aromatic rings. The van der Waals surface area contributed by atoms with Gasteiger partial charge in [-0.15, -0.1) is 0 Å². The Kier molecular flexibility index (Phi) is 1.84. The van der Waals surface area contributed by atoms with E-state index >= 15 is 0 Å². The molecule has 74 valence electrons. The summed E-state index contributed by atoms with van der Waals surface area (Å²) in [6, 6.07) is 11.1. The molecule has 0 radical (unpaired) electrons. The van der Waals surface area contributed by atoms with Crippen molar-refractivity contribution in [2.24, 2.45) is 0 Å². The van der Waals surface area contributed by atoms with Crippen molar-refractivity contribution in [3.05, 3.63) is 53.4 Å². The first-order valence-corrected chi connectivity index (χ1v) is 5.21. The fourth-order valence-electron chi connectivity index (χ4n) is 1.86. The van der Waals surface area contributed by atoms with E-state index in [-0.39, 0.29) is 5.82 Å². The minimum atomic E-state index is -0.136. The van der Waals surface area contributed by atoms with E-state index in [4.69, 9.17) is 0 Å². The van der Waals surface area contributed by atoms with Gasteiger partial charge in [0.05, 0.1) is 0 Å². The first-order chi connectivity index (χ1) is 7.34. The second kappa shape index (κ2) is 3.20. The van der Waals surface area contributed by atoms with Crippen molar-refractivity contribution in [1.29, 1.82) is 0 Å². The molecule has 0 bridgehead atoms. The predicted molar refractivity (Wildman–Crippen MR) is 61.1 cm³/mol. The molecule has 0 amide bonds. The fraction of sp³-hybridized carbons (Fsp3) is 0.143. The minimum absolute atomic E-state index is 0.136. The maximum Gasteiger partial charge on any atom is 0.131 e. The standard InChI is InChI=1S/C14H11F/c15-14-6-2-4-12-11(9-10-7-8-10)3-1-5-13(12)14/h1-6,9H,7-8H2. The first kappa shape index (κ1) is 8.66. The number of hydrogen-bond acceptors (Lipinski definition) is 0. The highest BCUT2D eigenvalue weighted by Gasteiger charge is 2.11. The van der Waals surface area contributed by atoms with Gasteiger partial charge in [0.2, 0.25) is 0 Å². The number of benzene rings is 2. The molecule has 1 heteroatoms. The van der Waals surface area contributed by atoms with Gasteiger partial charge in [-0.05, 0) is 29.9 Å². The normalized spacial score (nSPS) is 14.3. The van der Waals surface area contributed by atoms with Crippen LogP contribution in [0.4, 0.5) is 4.39 Å². The van der Waals surface area contributed by atoms with E-state index in [2.05, 4.69) is 6.08 Å². The lowest BCUT2D eigenvalue weighted by molar-refractivity contribution is 0.640. The smallest absolute Gasteiger partial charge is 0.131 e. The number of hydrogen-bond donors (Lipinski definition) is 0. The SMILES string of the molecule is Fc1cccc2c(C=C3CC3)cccc12. The zero-order valence-electron chi connectivity index (χ0n) is 8.33. The molecular weight excluding hydrogens is 187 g/mol. The van der Waals surface area contributed by atoms with Gasteiger partial charge in [0.1, 0.15) is 5.82 Å². The van der Waals surface area contributed by atoms with Crippen LogP contribution in [0, 0.1) is 5.82 Å². The largest absolute Gasteiger partial charge is 0.206 e. The van der Waals surface area contributed by atoms with Gasteiger partial charge in [-0.3, -0.25) is 0 Å². The Morgan fingerprint density at radius 1 is 0.933 bits per heavy atom. The second-order valence-electron chi connectivity index (χ2n) is 3.98. The molecule has 0 aliphatic heterocycles. The van der Waals surface area contributed by atoms with E-state index < -0.39 is 0 Å². The molecule has 1 fully saturated rings. The second-order valence-corrected chi connectivity index (χ2v) is 3.98. The van der Waals surface area contributed by atoms with Crippen LogP contribution in [0.1, 0.15) is 18.4 Å². The molecule has 0 heterocycles. The van der Waals surface area contributed by atoms with Crippen molar-refractivity contribution < 1.29 is 4.39 Å². The molecule has 2 aromatic carbocycles. The van der Waals surface area contributed by atoms with Crippen LogP contribution in [0.3, 0.4) is 0 Å². The van der Waals surface area contributed by atoms with Gasteiger partial charge in [-0.1, -0.05) is 42.0 Å². The molecule has 0 unspecified atom stereocenters. The van der Waals surface area contributed by atoms with Crippen molar-refractivity contribution in [3.63, 3.8) is 0 Å². The van der Waals surface area contributed by atoms with Crippen LogP contribution in [-0.4, -0.2) is 0 Å². The third-order valence-corrected chi connectivity index (χ3v) is 2.80. The molecule has 0 nitrogen and oxygen atoms in total. The summed E-state index contributed by atoms with van der Waals surface area (Å²) in [4.78, 5) is 0. The zero-order chi connectivity index (χ0) is 10.3. The van der Waals surface area contributed by atoms with Crippen LogP contribution in [0.25, 0.3) is 16.8 Å². The van der Waals surface area contributed by atoms with Crippen molar-refractivity contribution in [2.45, 2.75) is 12.8 Å². The Hall–Kier alpha value is -1.63. The summed E-state index contributed by atoms with van der Waals surface area (Å²) in [6.07, 6.45) is 4.58. The lowest BCUT2D eigenvalue weighted by Gasteiger charge is -2.02. The fourth-order valence-corrected chi connectivity index (χ4v) is 1.86. The first-order valence-electron chi connectivity index (χ1n) is 5.21. The van der Waals surface area contributed by atoms with E-state index in [0.717, 1.165) is 10.9 Å². The number of fused-ring (bicyclic) bond motifs is 1. The van der Waals surface area contributed by atoms with E-state index in [9.17, 15) is 4.39 Å². The third-order valence-electron chi connectivity index (χ3n) is 2.80. The van der Waals surface area contributed by atoms with Crippen LogP contribution in [0.2, 0.25) is 0 Å². The van der Waals surface area contributed by atoms with Crippen LogP contribution >= 0.6 is 0 Å². The van der Waals surface area contributed by atoms with E-state index in [1.165, 1.54) is 24.5 Å². The van der Waals surface area contributed by atoms with Gasteiger partial charge in [0.25, 0.3) is 0 Å². The molecule has 3 rings (SSSR count). The highest BCUT2D eigenvalue weighted by Crippen LogP contribution is 2.32. The molecule has 15 heavy (non-hydrogen) atoms. The molecule has 0 saturated heterocycles. The van der Waals surface area contributed by atoms with Gasteiger partial charge < -0.3 is 0 Å². The maximum absolute atomic E-state index is 13.5. The molecule has 1 aliphatic rings. The predicted octanol–water partition coefficient (Wildman–Crippen LogP) is 4.16. The minimum Gasteiger partial charge on any atom is -0.206 e. The topological polar surface area (TPSA) is 0 Å². The monoisotopic (exact) mass is 198 g/mol. The Morgan fingerprint density at radius 3 is 2.47 bits per heavy atom. The van der Waals surface area contributed by atoms with Crippen molar-refractivity contribution in [2.75, 3.05) is 0 Å². The number of halogens is 1. The summed E-state index contributed by atoms with van der Waals surface area (Å²) < 4.78 is 13.5. The molecule has 1 saturated carbocycles. The van der Waals surface area contributed by atoms with Crippen LogP contribution in [-0.2, 0) is 0 Å². The Bertz CT molecular complexity index is 546. The van der Waals surface area contributed by atoms with Crippen molar-refractivity contribution >= 4 is 16.8 Å². The number of rotatable bonds is 1. The summed E-state index contributed by atoms with van der Waals surface area (Å²) in [5, 5.41) is 1.73. The molecular formula is C14H11F. The summed E-state index contributed by atoms with van der Waals surface area (Å²) in [5.74, 6) is -0.136. The summed E-state index contributed by atoms with van der Waals surface area (Å²) in [5.41, 5.74) is 2.60. The number of allylic oxidation sites excluding steroid dienone is 1. The quantitative estimate of drug-likeness (QED) is 0.645. The maximum atomic E-state index is 13.5. The van der Waals surface area contributed by atoms with Crippen LogP contribution < -0.4 is 0 Å². The van der Waals surface area contributed by atoms with Crippen LogP contribution in [0.5, 0.6) is 0 Å². The van der Waals surface area contributed by atoms with Crippen molar-refractivity contribution in [3.8, 4) is 0 Å². The lowest BCUT2D eigenvalue weighted by Crippen LogP contribution is -1.81. The summed E-state index contributed by atoms with van der Waals surface area (Å²) >= 11 is 0. The van der Waals surface area contributed by atoms with E-state index in [1.807, 2.05) is 24.3 Å². The third kappa shape index (κ3) is 1.54. The Morgan fingerprint density at radius 2 is 1.67 bits per heavy atom. The Balaban J connectivity index is 2.30. The summed E-state index contributed by atoms with van der Waals surface area (Å²) in [7, 11) is 0. The van der Waals surface area contributed by atoms with Crippen molar-refractivity contribution in [1.82, 2.24) is 0 Å². The van der Waals surface area contributed by atoms with Gasteiger partial charge in [-0.25, -0.2) is 4.39 Å². The summed E-state index contributed by atoms with van der Waals surface area (Å²) in [6.45, 7) is 0. The van der Waals surface area contributed by atoms with E-state index in [1.54, 1.807) is 6.07 Å². The highest BCUT2D eigenvalue weighted by molar-refractivity contribution is 5.91. The van der Waals surface area contributed by atoms with Gasteiger partial charge in [0, 0.05) is 5.39 Å². The van der Waals surface area contributed by atoms with Gasteiger partial charge >= 0.3 is 0 Å². The molecule has 1 aliphatic carbocycles. The zero-order valence-corrected chi connectivity index (χ0v) is 8.33. The molecule has 0 atom stereocenters. The average molecular weight is 198 g/mol. The van der Waals surface area contributed by atoms with Crippen LogP contribution in [0.15, 0.2) is 42.0 Å². The lowest BCUT2D eigenvalue weighted by atomic mass is 10.0. The average Bonchev–Trinajstić information content (AvgIpc) is 3.04. The Labute approximate surface area is 88.0 Å². The molecule has 0 N–H and O–H groups in total. The van der Waals surface area contributed by atoms with E-state index in [0.29, 0.717) is 5.39 Å². The molecule has 0 spiro atoms. The van der Waals surface area contributed by atoms with Gasteiger partial charge in [0.15, 0.2) is 0 Å². The highest BCUT2D eigenvalue weighted by atomic mass is 19.1.